The van der Waals surface area contributed by atoms with Crippen molar-refractivity contribution in [3.05, 3.63) is 84.5 Å². The molecule has 0 aliphatic heterocycles. The average Bonchev–Trinajstić information content (AvgIpc) is 3.08. The summed E-state index contributed by atoms with van der Waals surface area (Å²) in [6.07, 6.45) is 26.5. The predicted molar refractivity (Wildman–Crippen MR) is 187 cm³/mol. The number of nitrogens with zero attached hydrogens (tertiary/aromatic N) is 3. The molecule has 0 fully saturated rings. The first kappa shape index (κ1) is 42.7. The maximum absolute atomic E-state index is 12.0. The molecule has 0 aliphatic carbocycles. The average molecular weight is 702 g/mol. The third-order valence-electron chi connectivity index (χ3n) is 7.44. The Labute approximate surface area is 297 Å². The number of aromatic nitrogens is 2. The van der Waals surface area contributed by atoms with Gasteiger partial charge in [0.25, 0.3) is 0 Å². The fraction of sp³-hybridized carbons (Fsp3) is 0.605. The summed E-state index contributed by atoms with van der Waals surface area (Å²) in [5.74, 6) is 0.112. The van der Waals surface area contributed by atoms with Gasteiger partial charge in [-0.05, 0) is 62.8 Å². The summed E-state index contributed by atoms with van der Waals surface area (Å²) in [6, 6.07) is 12.0. The van der Waals surface area contributed by atoms with Crippen LogP contribution in [0.5, 0.6) is 0 Å². The van der Waals surface area contributed by atoms with E-state index in [0.717, 1.165) is 56.7 Å². The monoisotopic (exact) mass is 700 g/mol. The maximum atomic E-state index is 12.0. The molecule has 0 spiro atoms. The van der Waals surface area contributed by atoms with Gasteiger partial charge in [0.15, 0.2) is 0 Å². The van der Waals surface area contributed by atoms with Crippen LogP contribution in [0.25, 0.3) is 0 Å². The van der Waals surface area contributed by atoms with E-state index in [2.05, 4.69) is 51.4 Å². The molecule has 47 heavy (non-hydrogen) atoms. The van der Waals surface area contributed by atoms with E-state index in [4.69, 9.17) is 14.2 Å². The summed E-state index contributed by atoms with van der Waals surface area (Å²) >= 11 is 0. The van der Waals surface area contributed by atoms with Gasteiger partial charge < -0.3 is 19.5 Å². The predicted octanol–water partition coefficient (Wildman–Crippen LogP) is 7.46. The minimum Gasteiger partial charge on any atom is -0.378 e. The largest absolute Gasteiger partial charge is 2.00 e. The quantitative estimate of drug-likeness (QED) is 0.0514. The van der Waals surface area contributed by atoms with Gasteiger partial charge in [0, 0.05) is 45.0 Å². The second-order valence-electron chi connectivity index (χ2n) is 11.5. The van der Waals surface area contributed by atoms with Crippen molar-refractivity contribution < 1.29 is 38.5 Å². The van der Waals surface area contributed by atoms with Crippen molar-refractivity contribution in [1.82, 2.24) is 20.2 Å². The molecule has 2 rings (SSSR count). The van der Waals surface area contributed by atoms with Crippen LogP contribution in [0.2, 0.25) is 0 Å². The Bertz CT molecular complexity index is 985. The SMILES string of the molecule is CCCCC/C=C\C/C=C\CCCCCCCC(=O)NCCOCCOCCOCCN(Cc1ccccn1)Cc1ccccn1.[Zn+2]. The molecule has 2 heterocycles. The number of hydrogen-bond acceptors (Lipinski definition) is 7. The van der Waals surface area contributed by atoms with Crippen molar-refractivity contribution in [2.24, 2.45) is 0 Å². The Morgan fingerprint density at radius 2 is 1.26 bits per heavy atom. The van der Waals surface area contributed by atoms with Crippen LogP contribution in [0.1, 0.15) is 95.4 Å². The Morgan fingerprint density at radius 3 is 1.85 bits per heavy atom. The van der Waals surface area contributed by atoms with Gasteiger partial charge >= 0.3 is 19.5 Å². The Morgan fingerprint density at radius 1 is 0.702 bits per heavy atom. The second-order valence-corrected chi connectivity index (χ2v) is 11.5. The number of carbonyl (C=O) groups excluding carboxylic acids is 1. The topological polar surface area (TPSA) is 85.8 Å². The van der Waals surface area contributed by atoms with Crippen molar-refractivity contribution >= 4 is 5.91 Å². The second kappa shape index (κ2) is 32.3. The van der Waals surface area contributed by atoms with Gasteiger partial charge in [-0.3, -0.25) is 19.7 Å². The standard InChI is InChI=1S/C38H60N4O4.Zn/c1-2-3-4-5-6-7-8-9-10-11-12-13-14-15-16-23-38(43)41-26-28-44-30-32-46-33-31-45-29-27-42(34-36-21-17-19-24-39-36)35-37-22-18-20-25-40-37;/h6-7,9-10,17-22,24-25H,2-5,8,11-16,23,26-35H2,1H3,(H,41,43);/q;+2/b7-6-,10-9-;. The first-order chi connectivity index (χ1) is 22.8. The van der Waals surface area contributed by atoms with Crippen LogP contribution in [0, 0.1) is 0 Å². The number of pyridine rings is 2. The van der Waals surface area contributed by atoms with Crippen molar-refractivity contribution in [2.75, 3.05) is 52.7 Å². The number of allylic oxidation sites excluding steroid dienone is 4. The molecular formula is C38H60N4O4Zn+2. The van der Waals surface area contributed by atoms with Gasteiger partial charge in [-0.2, -0.15) is 0 Å². The first-order valence-electron chi connectivity index (χ1n) is 17.6. The maximum Gasteiger partial charge on any atom is 2.00 e. The van der Waals surface area contributed by atoms with Crippen molar-refractivity contribution in [3.63, 3.8) is 0 Å². The minimum absolute atomic E-state index is 0. The Hall–Kier alpha value is -2.29. The minimum atomic E-state index is 0. The van der Waals surface area contributed by atoms with Crippen LogP contribution in [-0.2, 0) is 51.6 Å². The number of unbranched alkanes of at least 4 members (excludes halogenated alkanes) is 8. The van der Waals surface area contributed by atoms with E-state index in [1.807, 2.05) is 48.8 Å². The molecule has 0 saturated carbocycles. The Balaban J connectivity index is 0.0000110. The molecule has 2 aromatic heterocycles. The van der Waals surface area contributed by atoms with Crippen LogP contribution in [0.4, 0.5) is 0 Å². The van der Waals surface area contributed by atoms with Crippen LogP contribution in [-0.4, -0.2) is 73.5 Å². The Kier molecular flexibility index (Phi) is 29.3. The molecule has 0 aromatic carbocycles. The molecule has 1 amide bonds. The van der Waals surface area contributed by atoms with Crippen LogP contribution < -0.4 is 5.32 Å². The molecular weight excluding hydrogens is 642 g/mol. The molecule has 9 heteroatoms. The third-order valence-corrected chi connectivity index (χ3v) is 7.44. The number of amides is 1. The number of rotatable bonds is 30. The van der Waals surface area contributed by atoms with Gasteiger partial charge in [0.2, 0.25) is 5.91 Å². The van der Waals surface area contributed by atoms with Gasteiger partial charge in [0.1, 0.15) is 0 Å². The zero-order valence-corrected chi connectivity index (χ0v) is 32.1. The molecule has 2 aromatic rings. The summed E-state index contributed by atoms with van der Waals surface area (Å²) in [7, 11) is 0. The van der Waals surface area contributed by atoms with E-state index in [-0.39, 0.29) is 25.4 Å². The van der Waals surface area contributed by atoms with E-state index in [1.165, 1.54) is 44.9 Å². The van der Waals surface area contributed by atoms with Gasteiger partial charge in [-0.1, -0.05) is 75.5 Å². The molecule has 8 nitrogen and oxygen atoms in total. The summed E-state index contributed by atoms with van der Waals surface area (Å²) in [6.45, 7) is 8.21. The van der Waals surface area contributed by atoms with Gasteiger partial charge in [0.05, 0.1) is 51.0 Å². The third kappa shape index (κ3) is 26.4. The van der Waals surface area contributed by atoms with E-state index in [0.29, 0.717) is 52.6 Å². The zero-order valence-electron chi connectivity index (χ0n) is 29.2. The van der Waals surface area contributed by atoms with Gasteiger partial charge in [-0.25, -0.2) is 0 Å². The van der Waals surface area contributed by atoms with Gasteiger partial charge in [-0.15, -0.1) is 0 Å². The molecule has 0 bridgehead atoms. The van der Waals surface area contributed by atoms with Crippen molar-refractivity contribution in [1.29, 1.82) is 0 Å². The van der Waals surface area contributed by atoms with Crippen LogP contribution in [0.3, 0.4) is 0 Å². The van der Waals surface area contributed by atoms with Crippen LogP contribution in [0.15, 0.2) is 73.1 Å². The fourth-order valence-electron chi connectivity index (χ4n) is 4.84. The molecule has 0 unspecified atom stereocenters. The number of ether oxygens (including phenoxy) is 3. The summed E-state index contributed by atoms with van der Waals surface area (Å²) < 4.78 is 17.0. The van der Waals surface area contributed by atoms with E-state index < -0.39 is 0 Å². The van der Waals surface area contributed by atoms with Crippen LogP contribution >= 0.6 is 0 Å². The summed E-state index contributed by atoms with van der Waals surface area (Å²) in [5.41, 5.74) is 2.05. The molecule has 256 valence electrons. The molecule has 0 radical (unpaired) electrons. The fourth-order valence-corrected chi connectivity index (χ4v) is 4.84. The van der Waals surface area contributed by atoms with E-state index >= 15 is 0 Å². The molecule has 0 saturated heterocycles. The summed E-state index contributed by atoms with van der Waals surface area (Å²) in [5, 5.41) is 2.95. The normalized spacial score (nSPS) is 11.4. The van der Waals surface area contributed by atoms with Crippen molar-refractivity contribution in [3.8, 4) is 0 Å². The number of nitrogens with one attached hydrogen (secondary N) is 1. The molecule has 0 atom stereocenters. The van der Waals surface area contributed by atoms with Crippen molar-refractivity contribution in [2.45, 2.75) is 97.1 Å². The zero-order chi connectivity index (χ0) is 32.6. The van der Waals surface area contributed by atoms with E-state index in [1.54, 1.807) is 0 Å². The number of hydrogen-bond donors (Lipinski definition) is 1. The molecule has 0 aliphatic rings. The smallest absolute Gasteiger partial charge is 0.378 e. The van der Waals surface area contributed by atoms with E-state index in [9.17, 15) is 4.79 Å². The summed E-state index contributed by atoms with van der Waals surface area (Å²) in [4.78, 5) is 23.2. The number of carbonyl (C=O) groups is 1. The molecule has 1 N–H and O–H groups in total. The first-order valence-corrected chi connectivity index (χ1v) is 17.6.